The van der Waals surface area contributed by atoms with Crippen LogP contribution in [0.5, 0.6) is 0 Å². The second-order valence-corrected chi connectivity index (χ2v) is 2.77. The Morgan fingerprint density at radius 2 is 1.80 bits per heavy atom. The van der Waals surface area contributed by atoms with Crippen LogP contribution >= 0.6 is 15.9 Å². The summed E-state index contributed by atoms with van der Waals surface area (Å²) >= 11 is 3.32. The molecule has 0 saturated heterocycles. The van der Waals surface area contributed by atoms with Crippen LogP contribution in [-0.2, 0) is 0 Å². The minimum atomic E-state index is 0.967. The maximum absolute atomic E-state index is 3.32. The van der Waals surface area contributed by atoms with Crippen molar-refractivity contribution in [1.82, 2.24) is 0 Å². The molecule has 0 aliphatic rings. The lowest BCUT2D eigenvalue weighted by atomic mass is 10.3. The van der Waals surface area contributed by atoms with Crippen molar-refractivity contribution in [1.29, 1.82) is 0 Å². The molecule has 10 heavy (non-hydrogen) atoms. The molecule has 0 aromatic carbocycles. The first-order chi connectivity index (χ1) is 4.91. The van der Waals surface area contributed by atoms with E-state index < -0.39 is 0 Å². The predicted octanol–water partition coefficient (Wildman–Crippen LogP) is 3.68. The third-order valence-electron chi connectivity index (χ3n) is 1.15. The normalized spacial score (nSPS) is 11.8. The van der Waals surface area contributed by atoms with E-state index in [2.05, 4.69) is 47.2 Å². The zero-order valence-electron chi connectivity index (χ0n) is 6.52. The quantitative estimate of drug-likeness (QED) is 0.472. The lowest BCUT2D eigenvalue weighted by molar-refractivity contribution is 0.954. The largest absolute Gasteiger partial charge is 0.0883 e. The first-order valence-electron chi connectivity index (χ1n) is 3.77. The van der Waals surface area contributed by atoms with Crippen LogP contribution in [0.1, 0.15) is 26.2 Å². The number of hydrogen-bond donors (Lipinski definition) is 0. The Labute approximate surface area is 72.1 Å². The predicted molar refractivity (Wildman–Crippen MR) is 51.6 cm³/mol. The maximum Gasteiger partial charge on any atom is 0.0212 e. The molecule has 0 aliphatic heterocycles. The molecule has 0 N–H and O–H groups in total. The monoisotopic (exact) mass is 202 g/mol. The summed E-state index contributed by atoms with van der Waals surface area (Å²) in [5.74, 6) is 0. The van der Waals surface area contributed by atoms with Gasteiger partial charge >= 0.3 is 0 Å². The molecule has 0 nitrogen and oxygen atoms in total. The van der Waals surface area contributed by atoms with Gasteiger partial charge < -0.3 is 0 Å². The van der Waals surface area contributed by atoms with Crippen molar-refractivity contribution in [3.63, 3.8) is 0 Å². The van der Waals surface area contributed by atoms with Crippen LogP contribution in [0.4, 0.5) is 0 Å². The molecule has 0 atom stereocenters. The number of unbranched alkanes of at least 4 members (excludes halogenated alkanes) is 1. The molecule has 1 heteroatoms. The molecule has 0 spiro atoms. The molecule has 0 aliphatic carbocycles. The van der Waals surface area contributed by atoms with E-state index in [9.17, 15) is 0 Å². The van der Waals surface area contributed by atoms with Gasteiger partial charge in [-0.1, -0.05) is 53.6 Å². The molecule has 0 aromatic rings. The van der Waals surface area contributed by atoms with Gasteiger partial charge in [-0.2, -0.15) is 0 Å². The summed E-state index contributed by atoms with van der Waals surface area (Å²) in [5, 5.41) is 0.967. The van der Waals surface area contributed by atoms with Crippen LogP contribution < -0.4 is 0 Å². The molecule has 0 amide bonds. The van der Waals surface area contributed by atoms with E-state index in [-0.39, 0.29) is 0 Å². The number of alkyl halides is 1. The SMILES string of the molecule is CCCC=CCC=CCBr. The van der Waals surface area contributed by atoms with Gasteiger partial charge in [0.1, 0.15) is 0 Å². The van der Waals surface area contributed by atoms with E-state index >= 15 is 0 Å². The molecule has 0 aromatic heterocycles. The summed E-state index contributed by atoms with van der Waals surface area (Å²) < 4.78 is 0. The maximum atomic E-state index is 3.32. The average molecular weight is 203 g/mol. The highest BCUT2D eigenvalue weighted by atomic mass is 79.9. The summed E-state index contributed by atoms with van der Waals surface area (Å²) in [6.07, 6.45) is 12.3. The van der Waals surface area contributed by atoms with E-state index in [4.69, 9.17) is 0 Å². The lowest BCUT2D eigenvalue weighted by Gasteiger charge is -1.82. The van der Waals surface area contributed by atoms with Gasteiger partial charge in [-0.3, -0.25) is 0 Å². The van der Waals surface area contributed by atoms with Crippen molar-refractivity contribution >= 4 is 15.9 Å². The molecule has 58 valence electrons. The van der Waals surface area contributed by atoms with E-state index in [1.54, 1.807) is 0 Å². The minimum Gasteiger partial charge on any atom is -0.0883 e. The van der Waals surface area contributed by atoms with E-state index in [0.717, 1.165) is 11.8 Å². The zero-order chi connectivity index (χ0) is 7.66. The number of rotatable bonds is 5. The molecule has 0 saturated carbocycles. The van der Waals surface area contributed by atoms with Gasteiger partial charge in [0.15, 0.2) is 0 Å². The van der Waals surface area contributed by atoms with Gasteiger partial charge in [-0.25, -0.2) is 0 Å². The van der Waals surface area contributed by atoms with Gasteiger partial charge in [0.25, 0.3) is 0 Å². The standard InChI is InChI=1S/C9H15Br/c1-2-3-4-5-6-7-8-9-10/h4-5,7-8H,2-3,6,9H2,1H3. The lowest BCUT2D eigenvalue weighted by Crippen LogP contribution is -1.63. The Morgan fingerprint density at radius 3 is 2.40 bits per heavy atom. The van der Waals surface area contributed by atoms with Crippen LogP contribution in [0.25, 0.3) is 0 Å². The van der Waals surface area contributed by atoms with Gasteiger partial charge in [0, 0.05) is 5.33 Å². The van der Waals surface area contributed by atoms with Gasteiger partial charge in [-0.05, 0) is 12.8 Å². The summed E-state index contributed by atoms with van der Waals surface area (Å²) in [4.78, 5) is 0. The molecular formula is C9H15Br. The third kappa shape index (κ3) is 7.96. The molecular weight excluding hydrogens is 188 g/mol. The molecule has 0 radical (unpaired) electrons. The fourth-order valence-electron chi connectivity index (χ4n) is 0.619. The second kappa shape index (κ2) is 8.96. The summed E-state index contributed by atoms with van der Waals surface area (Å²) in [5.41, 5.74) is 0. The average Bonchev–Trinajstić information content (AvgIpc) is 1.97. The number of hydrogen-bond acceptors (Lipinski definition) is 0. The first kappa shape index (κ1) is 9.96. The summed E-state index contributed by atoms with van der Waals surface area (Å²) in [6, 6.07) is 0. The Bertz CT molecular complexity index is 103. The van der Waals surface area contributed by atoms with E-state index in [1.165, 1.54) is 12.8 Å². The minimum absolute atomic E-state index is 0.967. The second-order valence-electron chi connectivity index (χ2n) is 2.12. The van der Waals surface area contributed by atoms with Crippen LogP contribution in [0, 0.1) is 0 Å². The van der Waals surface area contributed by atoms with Crippen molar-refractivity contribution in [2.75, 3.05) is 5.33 Å². The van der Waals surface area contributed by atoms with Crippen molar-refractivity contribution in [3.05, 3.63) is 24.3 Å². The van der Waals surface area contributed by atoms with Crippen LogP contribution in [0.3, 0.4) is 0 Å². The van der Waals surface area contributed by atoms with Gasteiger partial charge in [0.2, 0.25) is 0 Å². The molecule has 0 heterocycles. The van der Waals surface area contributed by atoms with Crippen LogP contribution in [-0.4, -0.2) is 5.33 Å². The highest BCUT2D eigenvalue weighted by Crippen LogP contribution is 1.92. The van der Waals surface area contributed by atoms with Crippen molar-refractivity contribution in [2.24, 2.45) is 0 Å². The highest BCUT2D eigenvalue weighted by Gasteiger charge is 1.72. The zero-order valence-corrected chi connectivity index (χ0v) is 8.10. The van der Waals surface area contributed by atoms with Crippen LogP contribution in [0.2, 0.25) is 0 Å². The smallest absolute Gasteiger partial charge is 0.0212 e. The Kier molecular flexibility index (Phi) is 8.92. The van der Waals surface area contributed by atoms with Gasteiger partial charge in [-0.15, -0.1) is 0 Å². The van der Waals surface area contributed by atoms with E-state index in [0.29, 0.717) is 0 Å². The Hall–Kier alpha value is -0.0400. The third-order valence-corrected chi connectivity index (χ3v) is 1.52. The topological polar surface area (TPSA) is 0 Å². The number of halogens is 1. The fraction of sp³-hybridized carbons (Fsp3) is 0.556. The summed E-state index contributed by atoms with van der Waals surface area (Å²) in [7, 11) is 0. The molecule has 0 fully saturated rings. The highest BCUT2D eigenvalue weighted by molar-refractivity contribution is 9.09. The summed E-state index contributed by atoms with van der Waals surface area (Å²) in [6.45, 7) is 2.19. The molecule has 0 bridgehead atoms. The van der Waals surface area contributed by atoms with Crippen molar-refractivity contribution in [3.8, 4) is 0 Å². The Balaban J connectivity index is 3.09. The van der Waals surface area contributed by atoms with Crippen molar-refractivity contribution in [2.45, 2.75) is 26.2 Å². The van der Waals surface area contributed by atoms with Crippen LogP contribution in [0.15, 0.2) is 24.3 Å². The van der Waals surface area contributed by atoms with Gasteiger partial charge in [0.05, 0.1) is 0 Å². The van der Waals surface area contributed by atoms with Crippen molar-refractivity contribution < 1.29 is 0 Å². The molecule has 0 unspecified atom stereocenters. The van der Waals surface area contributed by atoms with E-state index in [1.807, 2.05) is 0 Å². The Morgan fingerprint density at radius 1 is 1.10 bits per heavy atom. The molecule has 0 rings (SSSR count). The fourth-order valence-corrected chi connectivity index (χ4v) is 0.883. The first-order valence-corrected chi connectivity index (χ1v) is 4.90. The number of allylic oxidation sites excluding steroid dienone is 4.